The molecule has 0 N–H and O–H groups in total. The molecule has 0 aliphatic heterocycles. The largest absolute Gasteiger partial charge is 0.478 e. The molecule has 3 nitrogen and oxygen atoms in total. The molecule has 0 saturated heterocycles. The lowest BCUT2D eigenvalue weighted by Gasteiger charge is -2.00. The van der Waals surface area contributed by atoms with Gasteiger partial charge < -0.3 is 4.74 Å². The summed E-state index contributed by atoms with van der Waals surface area (Å²) >= 11 is 0. The van der Waals surface area contributed by atoms with Crippen LogP contribution in [0.15, 0.2) is 0 Å². The van der Waals surface area contributed by atoms with Crippen molar-refractivity contribution in [1.82, 2.24) is 9.97 Å². The Hall–Kier alpha value is -1.26. The molecule has 0 fully saturated rings. The molecule has 60 valence electrons. The summed E-state index contributed by atoms with van der Waals surface area (Å²) in [5.74, 6) is -2.14. The van der Waals surface area contributed by atoms with E-state index in [4.69, 9.17) is 0 Å². The first-order chi connectivity index (χ1) is 5.15. The number of rotatable bonds is 1. The standard InChI is InChI=1S/C6H6F2N2O/c1-3-4(7)10-6(11-2)5(8)9-3/h1-2H3. The lowest BCUT2D eigenvalue weighted by atomic mass is 10.5. The molecule has 0 bridgehead atoms. The summed E-state index contributed by atoms with van der Waals surface area (Å²) in [7, 11) is 1.20. The fourth-order valence-electron chi connectivity index (χ4n) is 0.587. The highest BCUT2D eigenvalue weighted by Crippen LogP contribution is 2.11. The number of aryl methyl sites for hydroxylation is 1. The van der Waals surface area contributed by atoms with Gasteiger partial charge in [-0.2, -0.15) is 13.8 Å². The second-order valence-electron chi connectivity index (χ2n) is 1.90. The zero-order valence-corrected chi connectivity index (χ0v) is 6.06. The van der Waals surface area contributed by atoms with Crippen LogP contribution in [0.4, 0.5) is 8.78 Å². The molecule has 0 aliphatic rings. The van der Waals surface area contributed by atoms with Crippen molar-refractivity contribution in [1.29, 1.82) is 0 Å². The Balaban J connectivity index is 3.21. The normalized spacial score (nSPS) is 9.82. The minimum atomic E-state index is -0.897. The van der Waals surface area contributed by atoms with E-state index in [2.05, 4.69) is 14.7 Å². The van der Waals surface area contributed by atoms with Crippen LogP contribution in [-0.2, 0) is 0 Å². The average molecular weight is 160 g/mol. The molecule has 0 atom stereocenters. The van der Waals surface area contributed by atoms with Gasteiger partial charge in [0.1, 0.15) is 0 Å². The van der Waals surface area contributed by atoms with Crippen molar-refractivity contribution in [2.45, 2.75) is 6.92 Å². The van der Waals surface area contributed by atoms with Gasteiger partial charge in [-0.15, -0.1) is 0 Å². The quantitative estimate of drug-likeness (QED) is 0.616. The molecule has 1 aromatic heterocycles. The third-order valence-corrected chi connectivity index (χ3v) is 1.13. The Labute approximate surface area is 62.0 Å². The molecule has 5 heteroatoms. The molecule has 0 spiro atoms. The molecule has 0 unspecified atom stereocenters. The van der Waals surface area contributed by atoms with Gasteiger partial charge in [-0.1, -0.05) is 0 Å². The summed E-state index contributed by atoms with van der Waals surface area (Å²) < 4.78 is 29.5. The van der Waals surface area contributed by atoms with Crippen molar-refractivity contribution in [3.05, 3.63) is 17.6 Å². The highest BCUT2D eigenvalue weighted by molar-refractivity contribution is 5.09. The van der Waals surface area contributed by atoms with Crippen LogP contribution in [0.1, 0.15) is 5.69 Å². The first-order valence-electron chi connectivity index (χ1n) is 2.88. The molecule has 0 aliphatic carbocycles. The van der Waals surface area contributed by atoms with Crippen LogP contribution in [0.25, 0.3) is 0 Å². The lowest BCUT2D eigenvalue weighted by Crippen LogP contribution is -2.01. The number of halogens is 2. The topological polar surface area (TPSA) is 35.0 Å². The van der Waals surface area contributed by atoms with Crippen LogP contribution in [-0.4, -0.2) is 17.1 Å². The van der Waals surface area contributed by atoms with Crippen molar-refractivity contribution in [3.8, 4) is 5.88 Å². The third kappa shape index (κ3) is 1.42. The molecule has 11 heavy (non-hydrogen) atoms. The maximum atomic E-state index is 12.6. The van der Waals surface area contributed by atoms with Crippen molar-refractivity contribution >= 4 is 0 Å². The van der Waals surface area contributed by atoms with Crippen molar-refractivity contribution in [3.63, 3.8) is 0 Å². The van der Waals surface area contributed by atoms with Gasteiger partial charge >= 0.3 is 0 Å². The first kappa shape index (κ1) is 7.84. The Morgan fingerprint density at radius 1 is 1.18 bits per heavy atom. The van der Waals surface area contributed by atoms with Gasteiger partial charge in [0.2, 0.25) is 5.95 Å². The smallest absolute Gasteiger partial charge is 0.276 e. The maximum absolute atomic E-state index is 12.6. The molecule has 1 heterocycles. The third-order valence-electron chi connectivity index (χ3n) is 1.13. The Bertz CT molecular complexity index is 278. The minimum Gasteiger partial charge on any atom is -0.478 e. The molecular weight excluding hydrogens is 154 g/mol. The van der Waals surface area contributed by atoms with E-state index in [-0.39, 0.29) is 5.69 Å². The van der Waals surface area contributed by atoms with Crippen LogP contribution in [0.5, 0.6) is 5.88 Å². The monoisotopic (exact) mass is 160 g/mol. The van der Waals surface area contributed by atoms with E-state index in [0.29, 0.717) is 0 Å². The summed E-state index contributed by atoms with van der Waals surface area (Å²) in [6.07, 6.45) is 0. The van der Waals surface area contributed by atoms with Gasteiger partial charge in [0.05, 0.1) is 12.8 Å². The second kappa shape index (κ2) is 2.77. The zero-order chi connectivity index (χ0) is 8.43. The average Bonchev–Trinajstić information content (AvgIpc) is 1.97. The molecule has 0 radical (unpaired) electrons. The number of nitrogens with zero attached hydrogens (tertiary/aromatic N) is 2. The van der Waals surface area contributed by atoms with Crippen molar-refractivity contribution < 1.29 is 13.5 Å². The van der Waals surface area contributed by atoms with E-state index in [9.17, 15) is 8.78 Å². The highest BCUT2D eigenvalue weighted by atomic mass is 19.1. The number of methoxy groups -OCH3 is 1. The summed E-state index contributed by atoms with van der Waals surface area (Å²) in [6.45, 7) is 1.32. The lowest BCUT2D eigenvalue weighted by molar-refractivity contribution is 0.346. The Morgan fingerprint density at radius 3 is 2.36 bits per heavy atom. The van der Waals surface area contributed by atoms with Crippen LogP contribution >= 0.6 is 0 Å². The Morgan fingerprint density at radius 2 is 1.82 bits per heavy atom. The summed E-state index contributed by atoms with van der Waals surface area (Å²) in [4.78, 5) is 6.38. The molecular formula is C6H6F2N2O. The van der Waals surface area contributed by atoms with E-state index in [1.807, 2.05) is 0 Å². The fourth-order valence-corrected chi connectivity index (χ4v) is 0.587. The van der Waals surface area contributed by atoms with Gasteiger partial charge in [-0.3, -0.25) is 0 Å². The van der Waals surface area contributed by atoms with Gasteiger partial charge in [-0.25, -0.2) is 4.98 Å². The minimum absolute atomic E-state index is 0.0803. The van der Waals surface area contributed by atoms with Crippen LogP contribution in [0.3, 0.4) is 0 Å². The van der Waals surface area contributed by atoms with E-state index >= 15 is 0 Å². The first-order valence-corrected chi connectivity index (χ1v) is 2.88. The maximum Gasteiger partial charge on any atom is 0.276 e. The number of ether oxygens (including phenoxy) is 1. The molecule has 1 aromatic rings. The van der Waals surface area contributed by atoms with Gasteiger partial charge in [0.15, 0.2) is 0 Å². The molecule has 0 saturated carbocycles. The van der Waals surface area contributed by atoms with E-state index in [0.717, 1.165) is 0 Å². The van der Waals surface area contributed by atoms with Crippen molar-refractivity contribution in [2.75, 3.05) is 7.11 Å². The number of hydrogen-bond acceptors (Lipinski definition) is 3. The fraction of sp³-hybridized carbons (Fsp3) is 0.333. The number of hydrogen-bond donors (Lipinski definition) is 0. The zero-order valence-electron chi connectivity index (χ0n) is 6.06. The highest BCUT2D eigenvalue weighted by Gasteiger charge is 2.09. The predicted octanol–water partition coefficient (Wildman–Crippen LogP) is 1.07. The van der Waals surface area contributed by atoms with E-state index < -0.39 is 17.8 Å². The van der Waals surface area contributed by atoms with E-state index in [1.54, 1.807) is 0 Å². The molecule has 1 rings (SSSR count). The van der Waals surface area contributed by atoms with Crippen LogP contribution in [0, 0.1) is 18.8 Å². The number of aromatic nitrogens is 2. The van der Waals surface area contributed by atoms with Gasteiger partial charge in [0.25, 0.3) is 11.8 Å². The second-order valence-corrected chi connectivity index (χ2v) is 1.90. The predicted molar refractivity (Wildman–Crippen MR) is 33.2 cm³/mol. The molecule has 0 aromatic carbocycles. The summed E-state index contributed by atoms with van der Waals surface area (Å²) in [5.41, 5.74) is -0.0803. The summed E-state index contributed by atoms with van der Waals surface area (Å²) in [5, 5.41) is 0. The SMILES string of the molecule is COc1nc(F)c(C)nc1F. The summed E-state index contributed by atoms with van der Waals surface area (Å²) in [6, 6.07) is 0. The van der Waals surface area contributed by atoms with E-state index in [1.165, 1.54) is 14.0 Å². The van der Waals surface area contributed by atoms with Gasteiger partial charge in [-0.05, 0) is 6.92 Å². The Kier molecular flexibility index (Phi) is 1.98. The van der Waals surface area contributed by atoms with Crippen molar-refractivity contribution in [2.24, 2.45) is 0 Å². The van der Waals surface area contributed by atoms with Crippen LogP contribution in [0.2, 0.25) is 0 Å². The van der Waals surface area contributed by atoms with Gasteiger partial charge in [0, 0.05) is 0 Å². The van der Waals surface area contributed by atoms with Crippen LogP contribution < -0.4 is 4.74 Å². The molecule has 0 amide bonds.